The first-order valence-corrected chi connectivity index (χ1v) is 8.38. The van der Waals surface area contributed by atoms with Crippen molar-refractivity contribution in [3.8, 4) is 0 Å². The predicted molar refractivity (Wildman–Crippen MR) is 69.9 cm³/mol. The fourth-order valence-electron chi connectivity index (χ4n) is 3.20. The fourth-order valence-corrected chi connectivity index (χ4v) is 3.98. The molecule has 0 saturated carbocycles. The molecule has 0 aromatic heterocycles. The number of rotatable bonds is 5. The van der Waals surface area contributed by atoms with Gasteiger partial charge in [0.1, 0.15) is 0 Å². The molecule has 0 bridgehead atoms. The summed E-state index contributed by atoms with van der Waals surface area (Å²) in [6.07, 6.45) is 2.37. The van der Waals surface area contributed by atoms with Gasteiger partial charge in [0, 0.05) is 31.5 Å². The molecule has 0 aliphatic carbocycles. The van der Waals surface area contributed by atoms with E-state index in [2.05, 4.69) is 11.8 Å². The maximum atomic E-state index is 12.7. The average molecular weight is 292 g/mol. The van der Waals surface area contributed by atoms with Crippen molar-refractivity contribution in [1.29, 1.82) is 0 Å². The van der Waals surface area contributed by atoms with Crippen molar-refractivity contribution in [2.75, 3.05) is 31.9 Å². The van der Waals surface area contributed by atoms with Gasteiger partial charge in [-0.15, -0.1) is 3.89 Å². The molecule has 7 heteroatoms. The van der Waals surface area contributed by atoms with E-state index in [1.807, 2.05) is 0 Å². The zero-order chi connectivity index (χ0) is 14.0. The number of carbonyl (C=O) groups excluding carboxylic acids is 1. The third kappa shape index (κ3) is 3.89. The molecule has 5 nitrogen and oxygen atoms in total. The second-order valence-corrected chi connectivity index (χ2v) is 6.91. The van der Waals surface area contributed by atoms with Gasteiger partial charge in [-0.2, -0.15) is 8.42 Å². The molecule has 2 aliphatic heterocycles. The van der Waals surface area contributed by atoms with Crippen LogP contribution in [0.1, 0.15) is 26.2 Å². The van der Waals surface area contributed by atoms with Crippen molar-refractivity contribution in [3.05, 3.63) is 0 Å². The van der Waals surface area contributed by atoms with Gasteiger partial charge in [0.2, 0.25) is 5.91 Å². The summed E-state index contributed by atoms with van der Waals surface area (Å²) >= 11 is 0. The summed E-state index contributed by atoms with van der Waals surface area (Å²) in [5, 5.41) is 0. The molecular weight excluding hydrogens is 271 g/mol. The number of hydrogen-bond acceptors (Lipinski definition) is 4. The number of likely N-dealkylation sites (tertiary alicyclic amines) is 2. The predicted octanol–water partition coefficient (Wildman–Crippen LogP) is 0.619. The molecule has 2 unspecified atom stereocenters. The van der Waals surface area contributed by atoms with Crippen LogP contribution < -0.4 is 0 Å². The van der Waals surface area contributed by atoms with Crippen molar-refractivity contribution in [2.45, 2.75) is 32.2 Å². The van der Waals surface area contributed by atoms with Crippen molar-refractivity contribution in [1.82, 2.24) is 9.80 Å². The van der Waals surface area contributed by atoms with E-state index in [1.54, 1.807) is 4.90 Å². The van der Waals surface area contributed by atoms with Gasteiger partial charge in [-0.1, -0.05) is 6.92 Å². The van der Waals surface area contributed by atoms with E-state index in [0.29, 0.717) is 19.1 Å². The first kappa shape index (κ1) is 14.7. The summed E-state index contributed by atoms with van der Waals surface area (Å²) in [5.41, 5.74) is 0. The fraction of sp³-hybridized carbons (Fsp3) is 0.917. The van der Waals surface area contributed by atoms with Crippen LogP contribution in [0, 0.1) is 5.92 Å². The Morgan fingerprint density at radius 1 is 1.42 bits per heavy atom. The zero-order valence-electron chi connectivity index (χ0n) is 11.2. The van der Waals surface area contributed by atoms with Gasteiger partial charge in [-0.05, 0) is 25.9 Å². The Hall–Kier alpha value is -0.690. The monoisotopic (exact) mass is 292 g/mol. The highest BCUT2D eigenvalue weighted by Crippen LogP contribution is 2.24. The highest BCUT2D eigenvalue weighted by Gasteiger charge is 2.35. The number of nitrogens with zero attached hydrogens (tertiary/aromatic N) is 2. The Balaban J connectivity index is 1.90. The molecule has 1 amide bonds. The highest BCUT2D eigenvalue weighted by atomic mass is 32.3. The van der Waals surface area contributed by atoms with E-state index in [0.717, 1.165) is 25.9 Å². The minimum atomic E-state index is -4.49. The average Bonchev–Trinajstić information content (AvgIpc) is 2.84. The number of likely N-dealkylation sites (N-methyl/N-ethyl adjacent to an activating group) is 1. The van der Waals surface area contributed by atoms with Crippen molar-refractivity contribution in [3.63, 3.8) is 0 Å². The molecule has 2 aliphatic rings. The number of halogens is 1. The summed E-state index contributed by atoms with van der Waals surface area (Å²) in [5.74, 6) is -0.965. The smallest absolute Gasteiger partial charge is 0.302 e. The van der Waals surface area contributed by atoms with Crippen LogP contribution in [0.15, 0.2) is 0 Å². The quantitative estimate of drug-likeness (QED) is 0.697. The van der Waals surface area contributed by atoms with Crippen LogP contribution in [0.4, 0.5) is 3.89 Å². The van der Waals surface area contributed by atoms with E-state index in [4.69, 9.17) is 0 Å². The molecule has 110 valence electrons. The SMILES string of the molecule is CCN1CCCC1CN1CC(CS(=O)(=O)F)CC1=O. The van der Waals surface area contributed by atoms with Crippen LogP contribution in [0.5, 0.6) is 0 Å². The van der Waals surface area contributed by atoms with Crippen molar-refractivity contribution >= 4 is 16.1 Å². The topological polar surface area (TPSA) is 57.7 Å². The second kappa shape index (κ2) is 5.75. The van der Waals surface area contributed by atoms with Crippen LogP contribution in [0.25, 0.3) is 0 Å². The highest BCUT2D eigenvalue weighted by molar-refractivity contribution is 7.86. The first-order chi connectivity index (χ1) is 8.89. The molecule has 0 radical (unpaired) electrons. The van der Waals surface area contributed by atoms with Gasteiger partial charge in [0.05, 0.1) is 5.75 Å². The molecule has 0 N–H and O–H groups in total. The molecular formula is C12H21FN2O3S. The largest absolute Gasteiger partial charge is 0.341 e. The van der Waals surface area contributed by atoms with E-state index in [1.165, 1.54) is 0 Å². The lowest BCUT2D eigenvalue weighted by atomic mass is 10.1. The maximum Gasteiger partial charge on any atom is 0.302 e. The molecule has 2 atom stereocenters. The van der Waals surface area contributed by atoms with Crippen LogP contribution in [0.3, 0.4) is 0 Å². The maximum absolute atomic E-state index is 12.7. The lowest BCUT2D eigenvalue weighted by Crippen LogP contribution is -2.41. The van der Waals surface area contributed by atoms with Gasteiger partial charge < -0.3 is 4.90 Å². The summed E-state index contributed by atoms with van der Waals surface area (Å²) in [6.45, 7) is 5.15. The Kier molecular flexibility index (Phi) is 4.45. The number of carbonyl (C=O) groups is 1. The lowest BCUT2D eigenvalue weighted by molar-refractivity contribution is -0.128. The molecule has 2 heterocycles. The lowest BCUT2D eigenvalue weighted by Gasteiger charge is -2.27. The van der Waals surface area contributed by atoms with E-state index < -0.39 is 16.0 Å². The zero-order valence-corrected chi connectivity index (χ0v) is 12.0. The number of hydrogen-bond donors (Lipinski definition) is 0. The molecule has 0 spiro atoms. The molecule has 2 rings (SSSR count). The molecule has 2 saturated heterocycles. The van der Waals surface area contributed by atoms with Crippen LogP contribution >= 0.6 is 0 Å². The Bertz CT molecular complexity index is 440. The van der Waals surface area contributed by atoms with Gasteiger partial charge >= 0.3 is 10.2 Å². The molecule has 2 fully saturated rings. The normalized spacial score (nSPS) is 29.4. The van der Waals surface area contributed by atoms with Gasteiger partial charge in [-0.25, -0.2) is 0 Å². The van der Waals surface area contributed by atoms with E-state index >= 15 is 0 Å². The van der Waals surface area contributed by atoms with Gasteiger partial charge in [0.15, 0.2) is 0 Å². The second-order valence-electron chi connectivity index (χ2n) is 5.50. The minimum Gasteiger partial charge on any atom is -0.341 e. The minimum absolute atomic E-state index is 0.0448. The van der Waals surface area contributed by atoms with Gasteiger partial charge in [-0.3, -0.25) is 9.69 Å². The molecule has 0 aromatic rings. The standard InChI is InChI=1S/C12H21FN2O3S/c1-2-14-5-3-4-11(14)8-15-7-10(6-12(15)16)9-19(13,17)18/h10-11H,2-9H2,1H3. The Labute approximate surface area is 114 Å². The summed E-state index contributed by atoms with van der Waals surface area (Å²) in [7, 11) is -4.49. The Morgan fingerprint density at radius 3 is 2.79 bits per heavy atom. The molecule has 0 aromatic carbocycles. The van der Waals surface area contributed by atoms with Crippen LogP contribution in [-0.4, -0.2) is 62.1 Å². The number of amides is 1. The van der Waals surface area contributed by atoms with E-state index in [-0.39, 0.29) is 18.2 Å². The van der Waals surface area contributed by atoms with Crippen molar-refractivity contribution in [2.24, 2.45) is 5.92 Å². The van der Waals surface area contributed by atoms with Gasteiger partial charge in [0.25, 0.3) is 0 Å². The summed E-state index contributed by atoms with van der Waals surface area (Å²) < 4.78 is 33.9. The molecule has 19 heavy (non-hydrogen) atoms. The third-order valence-corrected chi connectivity index (χ3v) is 4.94. The summed E-state index contributed by atoms with van der Waals surface area (Å²) in [4.78, 5) is 15.9. The Morgan fingerprint density at radius 2 is 2.16 bits per heavy atom. The van der Waals surface area contributed by atoms with Crippen LogP contribution in [-0.2, 0) is 15.0 Å². The van der Waals surface area contributed by atoms with Crippen LogP contribution in [0.2, 0.25) is 0 Å². The first-order valence-electron chi connectivity index (χ1n) is 6.83. The third-order valence-electron chi connectivity index (χ3n) is 4.07. The summed E-state index contributed by atoms with van der Waals surface area (Å²) in [6, 6.07) is 0.370. The van der Waals surface area contributed by atoms with E-state index in [9.17, 15) is 17.1 Å². The van der Waals surface area contributed by atoms with Crippen molar-refractivity contribution < 1.29 is 17.1 Å².